The van der Waals surface area contributed by atoms with Gasteiger partial charge in [0.1, 0.15) is 17.9 Å². The van der Waals surface area contributed by atoms with E-state index in [2.05, 4.69) is 15.0 Å². The van der Waals surface area contributed by atoms with Crippen LogP contribution in [0.25, 0.3) is 0 Å². The van der Waals surface area contributed by atoms with Crippen molar-refractivity contribution in [2.45, 2.75) is 50.6 Å². The number of nitrogens with zero attached hydrogens (tertiary/aromatic N) is 4. The minimum Gasteiger partial charge on any atom is -0.497 e. The third kappa shape index (κ3) is 5.89. The minimum absolute atomic E-state index is 0.0000988. The smallest absolute Gasteiger partial charge is 0.331 e. The number of ketones is 1. The largest absolute Gasteiger partial charge is 0.497 e. The van der Waals surface area contributed by atoms with Crippen LogP contribution in [0.15, 0.2) is 67.4 Å². The van der Waals surface area contributed by atoms with Crippen LogP contribution in [0, 0.1) is 0 Å². The first-order valence-corrected chi connectivity index (χ1v) is 11.7. The van der Waals surface area contributed by atoms with Gasteiger partial charge in [-0.15, -0.1) is 0 Å². The fourth-order valence-corrected chi connectivity index (χ4v) is 4.48. The van der Waals surface area contributed by atoms with Crippen LogP contribution in [-0.4, -0.2) is 50.9 Å². The number of carbonyl (C=O) groups excluding carboxylic acids is 1. The molecule has 2 unspecified atom stereocenters. The van der Waals surface area contributed by atoms with Gasteiger partial charge >= 0.3 is 5.97 Å². The van der Waals surface area contributed by atoms with Crippen molar-refractivity contribution in [1.82, 2.24) is 19.9 Å². The van der Waals surface area contributed by atoms with Gasteiger partial charge in [0.15, 0.2) is 5.54 Å². The van der Waals surface area contributed by atoms with E-state index in [1.807, 2.05) is 31.2 Å². The molecule has 0 amide bonds. The summed E-state index contributed by atoms with van der Waals surface area (Å²) in [4.78, 5) is 40.9. The average molecular weight is 477 g/mol. The van der Waals surface area contributed by atoms with Crippen molar-refractivity contribution in [3.63, 3.8) is 0 Å². The Morgan fingerprint density at radius 2 is 1.83 bits per heavy atom. The van der Waals surface area contributed by atoms with Gasteiger partial charge in [0, 0.05) is 43.9 Å². The van der Waals surface area contributed by atoms with E-state index in [4.69, 9.17) is 4.74 Å². The number of pyridine rings is 1. The second-order valence-corrected chi connectivity index (χ2v) is 8.56. The number of Topliss-reactive ketones (excluding diaryl/α,β-unsaturated/α-hetero) is 1. The molecule has 0 fully saturated rings. The molecule has 2 aromatic heterocycles. The molecule has 0 saturated carbocycles. The molecule has 35 heavy (non-hydrogen) atoms. The Balaban J connectivity index is 2.16. The van der Waals surface area contributed by atoms with E-state index in [9.17, 15) is 14.7 Å². The summed E-state index contributed by atoms with van der Waals surface area (Å²) in [5.41, 5.74) is 0.177. The molecule has 8 nitrogen and oxygen atoms in total. The van der Waals surface area contributed by atoms with Crippen molar-refractivity contribution in [2.24, 2.45) is 0 Å². The summed E-state index contributed by atoms with van der Waals surface area (Å²) in [6.07, 6.45) is 8.20. The highest BCUT2D eigenvalue weighted by atomic mass is 16.5. The molecule has 3 rings (SSSR count). The molecule has 0 aliphatic heterocycles. The highest BCUT2D eigenvalue weighted by Gasteiger charge is 2.53. The molecule has 8 heteroatoms. The van der Waals surface area contributed by atoms with Crippen molar-refractivity contribution >= 4 is 11.8 Å². The Morgan fingerprint density at radius 1 is 1.11 bits per heavy atom. The molecule has 0 aliphatic carbocycles. The van der Waals surface area contributed by atoms with Crippen molar-refractivity contribution in [2.75, 3.05) is 14.2 Å². The van der Waals surface area contributed by atoms with Crippen LogP contribution in [-0.2, 0) is 21.7 Å². The molecule has 0 aliphatic rings. The van der Waals surface area contributed by atoms with Gasteiger partial charge in [0.05, 0.1) is 12.8 Å². The van der Waals surface area contributed by atoms with Crippen molar-refractivity contribution in [1.29, 1.82) is 0 Å². The maximum atomic E-state index is 13.3. The number of carboxylic acid groups (broad SMARTS) is 1. The van der Waals surface area contributed by atoms with Gasteiger partial charge in [0.2, 0.25) is 0 Å². The number of carboxylic acids is 1. The van der Waals surface area contributed by atoms with E-state index in [0.717, 1.165) is 18.4 Å². The Kier molecular flexibility index (Phi) is 9.03. The summed E-state index contributed by atoms with van der Waals surface area (Å²) in [6.45, 7) is 2.33. The second-order valence-electron chi connectivity index (χ2n) is 8.56. The maximum Gasteiger partial charge on any atom is 0.331 e. The molecule has 184 valence electrons. The first-order valence-electron chi connectivity index (χ1n) is 11.7. The first-order chi connectivity index (χ1) is 16.9. The van der Waals surface area contributed by atoms with Crippen LogP contribution in [0.4, 0.5) is 0 Å². The molecule has 0 radical (unpaired) electrons. The fraction of sp³-hybridized carbons (Fsp3) is 0.370. The normalized spacial score (nSPS) is 13.7. The number of hydrogen-bond donors (Lipinski definition) is 1. The monoisotopic (exact) mass is 476 g/mol. The molecule has 2 heterocycles. The van der Waals surface area contributed by atoms with E-state index in [1.54, 1.807) is 55.8 Å². The van der Waals surface area contributed by atoms with E-state index in [1.165, 1.54) is 6.33 Å². The number of ether oxygens (including phenoxy) is 1. The predicted molar refractivity (Wildman–Crippen MR) is 132 cm³/mol. The maximum absolute atomic E-state index is 13.3. The Bertz CT molecular complexity index is 1090. The summed E-state index contributed by atoms with van der Waals surface area (Å²) in [5, 5.41) is 10.9. The van der Waals surface area contributed by atoms with Crippen molar-refractivity contribution in [3.05, 3.63) is 84.2 Å². The fourth-order valence-electron chi connectivity index (χ4n) is 4.48. The highest BCUT2D eigenvalue weighted by Crippen LogP contribution is 2.44. The molecular weight excluding hydrogens is 444 g/mol. The van der Waals surface area contributed by atoms with E-state index < -0.39 is 17.4 Å². The minimum atomic E-state index is -1.65. The van der Waals surface area contributed by atoms with E-state index >= 15 is 0 Å². The molecule has 3 aromatic rings. The van der Waals surface area contributed by atoms with Crippen LogP contribution < -0.4 is 4.74 Å². The lowest BCUT2D eigenvalue weighted by molar-refractivity contribution is -0.155. The summed E-state index contributed by atoms with van der Waals surface area (Å²) >= 11 is 0. The summed E-state index contributed by atoms with van der Waals surface area (Å²) < 4.78 is 5.25. The third-order valence-corrected chi connectivity index (χ3v) is 6.29. The standard InChI is InChI=1S/C27H32N4O4/c1-4-5-8-22(32)15-24(21-16-28-19-29-17-21)27(26(33)34,25-9-6-7-14-30-25)31(2)18-20-10-12-23(35-3)13-11-20/h6-7,9-14,16-17,19,24H,4-5,8,15,18H2,1-3H3,(H,33,34). The topological polar surface area (TPSA) is 106 Å². The number of likely N-dealkylation sites (N-methyl/N-ethyl adjacent to an activating group) is 1. The molecule has 0 bridgehead atoms. The number of rotatable bonds is 13. The highest BCUT2D eigenvalue weighted by molar-refractivity contribution is 5.85. The number of methoxy groups -OCH3 is 1. The van der Waals surface area contributed by atoms with Gasteiger partial charge in [-0.3, -0.25) is 14.7 Å². The number of carbonyl (C=O) groups is 2. The number of aromatic nitrogens is 3. The number of hydrogen-bond acceptors (Lipinski definition) is 7. The lowest BCUT2D eigenvalue weighted by Gasteiger charge is -2.43. The molecular formula is C27H32N4O4. The van der Waals surface area contributed by atoms with Crippen molar-refractivity contribution < 1.29 is 19.4 Å². The quantitative estimate of drug-likeness (QED) is 0.391. The molecule has 1 N–H and O–H groups in total. The van der Waals surface area contributed by atoms with Gasteiger partial charge in [0.25, 0.3) is 0 Å². The van der Waals surface area contributed by atoms with Crippen molar-refractivity contribution in [3.8, 4) is 5.75 Å². The number of aliphatic carboxylic acids is 1. The summed E-state index contributed by atoms with van der Waals surface area (Å²) in [7, 11) is 3.35. The lowest BCUT2D eigenvalue weighted by atomic mass is 9.73. The second kappa shape index (κ2) is 12.2. The average Bonchev–Trinajstić information content (AvgIpc) is 2.88. The predicted octanol–water partition coefficient (Wildman–Crippen LogP) is 4.23. The Labute approximate surface area is 206 Å². The van der Waals surface area contributed by atoms with Crippen LogP contribution in [0.1, 0.15) is 55.3 Å². The van der Waals surface area contributed by atoms with Gasteiger partial charge in [-0.2, -0.15) is 0 Å². The van der Waals surface area contributed by atoms with Gasteiger partial charge in [-0.1, -0.05) is 31.5 Å². The molecule has 0 spiro atoms. The zero-order chi connectivity index (χ0) is 25.3. The molecule has 2 atom stereocenters. The van der Waals surface area contributed by atoms with Crippen LogP contribution in [0.3, 0.4) is 0 Å². The van der Waals surface area contributed by atoms with Gasteiger partial charge in [-0.05, 0) is 48.9 Å². The van der Waals surface area contributed by atoms with E-state index in [0.29, 0.717) is 30.0 Å². The van der Waals surface area contributed by atoms with Gasteiger partial charge < -0.3 is 9.84 Å². The van der Waals surface area contributed by atoms with Gasteiger partial charge in [-0.25, -0.2) is 14.8 Å². The first kappa shape index (κ1) is 26.0. The number of unbranched alkanes of at least 4 members (excludes halogenated alkanes) is 1. The third-order valence-electron chi connectivity index (χ3n) is 6.29. The Morgan fingerprint density at radius 3 is 2.40 bits per heavy atom. The van der Waals surface area contributed by atoms with Crippen LogP contribution in [0.2, 0.25) is 0 Å². The molecule has 0 saturated heterocycles. The zero-order valence-corrected chi connectivity index (χ0v) is 20.4. The van der Waals surface area contributed by atoms with E-state index in [-0.39, 0.29) is 12.2 Å². The summed E-state index contributed by atoms with van der Waals surface area (Å²) in [5.74, 6) is -1.14. The number of benzene rings is 1. The zero-order valence-electron chi connectivity index (χ0n) is 20.4. The Hall–Kier alpha value is -3.65. The lowest BCUT2D eigenvalue weighted by Crippen LogP contribution is -2.55. The van der Waals surface area contributed by atoms with Crippen LogP contribution in [0.5, 0.6) is 5.75 Å². The molecule has 1 aromatic carbocycles. The summed E-state index contributed by atoms with van der Waals surface area (Å²) in [6, 6.07) is 12.7. The SMILES string of the molecule is CCCCC(=O)CC(c1cncnc1)C(C(=O)O)(c1ccccn1)N(C)Cc1ccc(OC)cc1. The van der Waals surface area contributed by atoms with Crippen LogP contribution >= 0.6 is 0 Å².